The number of hydrogen-bond donors (Lipinski definition) is 0. The standard InChI is InChI=1S/C37H45N5O6/c1-25-19-29-33(48-25)12-14-40(34(29)43)16-15-39(23-28-7-6-13-38-30(28)24-47-5)21-27-10-11-31-32(20-27)41(17-18-46-4)35(44)37(2,3)36(45)42(31)22-26-8-9-26/h6-7,10-14,19-20,26H,8-9,15-18,21-24H2,1-5H3. The van der Waals surface area contributed by atoms with E-state index in [9.17, 15) is 14.4 Å². The fourth-order valence-corrected chi connectivity index (χ4v) is 6.46. The maximum Gasteiger partial charge on any atom is 0.261 e. The molecule has 3 aromatic heterocycles. The Balaban J connectivity index is 1.35. The molecule has 6 rings (SSSR count). The van der Waals surface area contributed by atoms with Crippen LogP contribution < -0.4 is 15.4 Å². The van der Waals surface area contributed by atoms with Crippen LogP contribution in [0.2, 0.25) is 0 Å². The van der Waals surface area contributed by atoms with Crippen LogP contribution in [0.1, 0.15) is 49.3 Å². The van der Waals surface area contributed by atoms with Gasteiger partial charge in [-0.2, -0.15) is 0 Å². The van der Waals surface area contributed by atoms with Gasteiger partial charge in [0.25, 0.3) is 5.56 Å². The van der Waals surface area contributed by atoms with Crippen molar-refractivity contribution in [2.45, 2.75) is 59.9 Å². The lowest BCUT2D eigenvalue weighted by Gasteiger charge is -2.28. The lowest BCUT2D eigenvalue weighted by Crippen LogP contribution is -2.49. The van der Waals surface area contributed by atoms with Crippen LogP contribution in [0, 0.1) is 18.3 Å². The number of carbonyl (C=O) groups excluding carboxylic acids is 2. The summed E-state index contributed by atoms with van der Waals surface area (Å²) in [4.78, 5) is 51.6. The van der Waals surface area contributed by atoms with Crippen molar-refractivity contribution in [3.8, 4) is 0 Å². The zero-order valence-electron chi connectivity index (χ0n) is 28.5. The summed E-state index contributed by atoms with van der Waals surface area (Å²) in [6, 6.07) is 13.6. The first-order valence-electron chi connectivity index (χ1n) is 16.6. The first kappa shape index (κ1) is 33.6. The van der Waals surface area contributed by atoms with Crippen LogP contribution in [-0.4, -0.2) is 66.7 Å². The molecule has 0 bridgehead atoms. The molecule has 1 saturated carbocycles. The summed E-state index contributed by atoms with van der Waals surface area (Å²) in [6.07, 6.45) is 5.71. The maximum absolute atomic E-state index is 14.0. The molecule has 48 heavy (non-hydrogen) atoms. The zero-order chi connectivity index (χ0) is 34.0. The predicted molar refractivity (Wildman–Crippen MR) is 184 cm³/mol. The summed E-state index contributed by atoms with van der Waals surface area (Å²) in [5.74, 6) is 0.739. The van der Waals surface area contributed by atoms with Crippen LogP contribution in [0.3, 0.4) is 0 Å². The number of ether oxygens (including phenoxy) is 2. The second kappa shape index (κ2) is 14.0. The summed E-state index contributed by atoms with van der Waals surface area (Å²) in [6.45, 7) is 9.06. The van der Waals surface area contributed by atoms with E-state index in [-0.39, 0.29) is 17.4 Å². The molecule has 1 fully saturated rings. The second-order valence-corrected chi connectivity index (χ2v) is 13.5. The molecule has 2 amide bonds. The smallest absolute Gasteiger partial charge is 0.261 e. The predicted octanol–water partition coefficient (Wildman–Crippen LogP) is 4.91. The number of rotatable bonds is 14. The molecule has 254 valence electrons. The van der Waals surface area contributed by atoms with E-state index in [2.05, 4.69) is 9.88 Å². The number of anilines is 2. The molecule has 0 atom stereocenters. The van der Waals surface area contributed by atoms with Gasteiger partial charge in [0.1, 0.15) is 16.8 Å². The molecular formula is C37H45N5O6. The van der Waals surface area contributed by atoms with Crippen LogP contribution in [0.25, 0.3) is 11.0 Å². The van der Waals surface area contributed by atoms with Crippen molar-refractivity contribution in [2.24, 2.45) is 11.3 Å². The molecule has 0 radical (unpaired) electrons. The van der Waals surface area contributed by atoms with E-state index < -0.39 is 5.41 Å². The van der Waals surface area contributed by atoms with Gasteiger partial charge in [-0.25, -0.2) is 0 Å². The van der Waals surface area contributed by atoms with E-state index in [0.29, 0.717) is 80.8 Å². The Morgan fingerprint density at radius 1 is 0.958 bits per heavy atom. The molecule has 0 N–H and O–H groups in total. The molecule has 0 unspecified atom stereocenters. The van der Waals surface area contributed by atoms with Crippen LogP contribution in [0.15, 0.2) is 64.1 Å². The third kappa shape index (κ3) is 6.94. The Hall–Kier alpha value is -4.32. The van der Waals surface area contributed by atoms with E-state index in [4.69, 9.17) is 13.9 Å². The second-order valence-electron chi connectivity index (χ2n) is 13.5. The Bertz CT molecular complexity index is 1860. The average Bonchev–Trinajstić information content (AvgIpc) is 3.82. The van der Waals surface area contributed by atoms with Crippen LogP contribution in [-0.2, 0) is 45.3 Å². The normalized spacial score (nSPS) is 16.2. The monoisotopic (exact) mass is 655 g/mol. The van der Waals surface area contributed by atoms with Crippen molar-refractivity contribution in [1.29, 1.82) is 0 Å². The lowest BCUT2D eigenvalue weighted by molar-refractivity contribution is -0.137. The molecule has 1 aliphatic carbocycles. The van der Waals surface area contributed by atoms with Crippen LogP contribution in [0.5, 0.6) is 0 Å². The van der Waals surface area contributed by atoms with Gasteiger partial charge in [0.2, 0.25) is 11.8 Å². The minimum atomic E-state index is -1.21. The molecule has 2 aliphatic rings. The Labute approximate surface area is 281 Å². The summed E-state index contributed by atoms with van der Waals surface area (Å²) in [7, 11) is 3.27. The number of carbonyl (C=O) groups is 2. The number of fused-ring (bicyclic) bond motifs is 2. The van der Waals surface area contributed by atoms with Crippen molar-refractivity contribution in [3.05, 3.63) is 87.8 Å². The molecular weight excluding hydrogens is 610 g/mol. The van der Waals surface area contributed by atoms with Crippen molar-refractivity contribution >= 4 is 34.2 Å². The molecule has 4 heterocycles. The van der Waals surface area contributed by atoms with Crippen molar-refractivity contribution in [1.82, 2.24) is 14.5 Å². The van der Waals surface area contributed by atoms with Crippen molar-refractivity contribution in [3.63, 3.8) is 0 Å². The molecule has 0 saturated heterocycles. The third-order valence-corrected chi connectivity index (χ3v) is 9.34. The van der Waals surface area contributed by atoms with Gasteiger partial charge in [0, 0.05) is 65.9 Å². The number of furan rings is 1. The van der Waals surface area contributed by atoms with Crippen molar-refractivity contribution in [2.75, 3.05) is 50.3 Å². The summed E-state index contributed by atoms with van der Waals surface area (Å²) < 4.78 is 18.2. The number of benzene rings is 1. The summed E-state index contributed by atoms with van der Waals surface area (Å²) in [5.41, 5.74) is 3.61. The molecule has 11 nitrogen and oxygen atoms in total. The van der Waals surface area contributed by atoms with Gasteiger partial charge in [-0.15, -0.1) is 0 Å². The van der Waals surface area contributed by atoms with E-state index in [0.717, 1.165) is 35.3 Å². The number of methoxy groups -OCH3 is 2. The molecule has 1 aliphatic heterocycles. The van der Waals surface area contributed by atoms with Gasteiger partial charge in [-0.3, -0.25) is 24.3 Å². The fraction of sp³-hybridized carbons (Fsp3) is 0.459. The lowest BCUT2D eigenvalue weighted by atomic mass is 9.90. The minimum absolute atomic E-state index is 0.0916. The van der Waals surface area contributed by atoms with Gasteiger partial charge >= 0.3 is 0 Å². The van der Waals surface area contributed by atoms with Crippen LogP contribution >= 0.6 is 0 Å². The van der Waals surface area contributed by atoms with Crippen LogP contribution in [0.4, 0.5) is 11.4 Å². The number of aryl methyl sites for hydroxylation is 1. The van der Waals surface area contributed by atoms with Gasteiger partial charge < -0.3 is 28.3 Å². The fourth-order valence-electron chi connectivity index (χ4n) is 6.46. The Kier molecular flexibility index (Phi) is 9.82. The highest BCUT2D eigenvalue weighted by Crippen LogP contribution is 2.42. The zero-order valence-corrected chi connectivity index (χ0v) is 28.5. The van der Waals surface area contributed by atoms with Crippen molar-refractivity contribution < 1.29 is 23.5 Å². The van der Waals surface area contributed by atoms with E-state index in [1.54, 1.807) is 56.0 Å². The molecule has 0 spiro atoms. The van der Waals surface area contributed by atoms with E-state index in [1.165, 1.54) is 0 Å². The first-order chi connectivity index (χ1) is 23.1. The van der Waals surface area contributed by atoms with Gasteiger partial charge in [0.05, 0.1) is 35.7 Å². The highest BCUT2D eigenvalue weighted by Gasteiger charge is 2.47. The van der Waals surface area contributed by atoms with Gasteiger partial charge in [-0.1, -0.05) is 12.1 Å². The summed E-state index contributed by atoms with van der Waals surface area (Å²) in [5, 5.41) is 0.566. The number of hydrogen-bond acceptors (Lipinski definition) is 8. The molecule has 4 aromatic rings. The number of amides is 2. The molecule has 11 heteroatoms. The Morgan fingerprint density at radius 3 is 2.50 bits per heavy atom. The summed E-state index contributed by atoms with van der Waals surface area (Å²) >= 11 is 0. The van der Waals surface area contributed by atoms with Gasteiger partial charge in [0.15, 0.2) is 0 Å². The van der Waals surface area contributed by atoms with Gasteiger partial charge in [-0.05, 0) is 81.0 Å². The topological polar surface area (TPSA) is 110 Å². The SMILES string of the molecule is COCCN1C(=O)C(C)(C)C(=O)N(CC2CC2)c2ccc(CN(CCn3ccc4oc(C)cc4c3=O)Cc3cccnc3COC)cc21. The number of aromatic nitrogens is 2. The quantitative estimate of drug-likeness (QED) is 0.176. The highest BCUT2D eigenvalue weighted by molar-refractivity contribution is 6.20. The number of pyridine rings is 2. The Morgan fingerprint density at radius 2 is 1.75 bits per heavy atom. The minimum Gasteiger partial charge on any atom is -0.461 e. The maximum atomic E-state index is 14.0. The number of nitrogens with zero attached hydrogens (tertiary/aromatic N) is 5. The molecule has 1 aromatic carbocycles. The third-order valence-electron chi connectivity index (χ3n) is 9.34. The largest absolute Gasteiger partial charge is 0.461 e. The highest BCUT2D eigenvalue weighted by atomic mass is 16.5. The first-order valence-corrected chi connectivity index (χ1v) is 16.6. The van der Waals surface area contributed by atoms with E-state index >= 15 is 0 Å². The van der Waals surface area contributed by atoms with E-state index in [1.807, 2.05) is 48.2 Å². The average molecular weight is 656 g/mol.